The van der Waals surface area contributed by atoms with Crippen LogP contribution in [0.3, 0.4) is 0 Å². The number of halogens is 2. The summed E-state index contributed by atoms with van der Waals surface area (Å²) in [6, 6.07) is 7.75. The Bertz CT molecular complexity index is 338. The Kier molecular flexibility index (Phi) is 3.88. The van der Waals surface area contributed by atoms with Crippen LogP contribution in [-0.4, -0.2) is 5.78 Å². The summed E-state index contributed by atoms with van der Waals surface area (Å²) < 4.78 is 1.62. The third kappa shape index (κ3) is 3.44. The summed E-state index contributed by atoms with van der Waals surface area (Å²) in [4.78, 5) is 10.9. The van der Waals surface area contributed by atoms with Gasteiger partial charge in [0, 0.05) is 4.47 Å². The minimum Gasteiger partial charge on any atom is -0.294 e. The zero-order valence-corrected chi connectivity index (χ0v) is 10.2. The molecule has 0 aliphatic rings. The van der Waals surface area contributed by atoms with E-state index in [0.717, 1.165) is 10.0 Å². The molecule has 1 rings (SSSR count). The summed E-state index contributed by atoms with van der Waals surface area (Å²) in [7, 11) is 0. The summed E-state index contributed by atoms with van der Waals surface area (Å²) in [5, 5.41) is 0. The van der Waals surface area contributed by atoms with E-state index in [1.807, 2.05) is 24.3 Å². The van der Waals surface area contributed by atoms with Gasteiger partial charge < -0.3 is 0 Å². The zero-order valence-electron chi connectivity index (χ0n) is 7.05. The molecule has 0 aliphatic carbocycles. The van der Waals surface area contributed by atoms with Gasteiger partial charge in [-0.15, -0.1) is 0 Å². The van der Waals surface area contributed by atoms with Gasteiger partial charge in [-0.2, -0.15) is 0 Å². The number of carbonyl (C=O) groups is 1. The molecular formula is C10H8Br2O. The Labute approximate surface area is 94.1 Å². The molecule has 0 heterocycles. The molecule has 0 unspecified atom stereocenters. The van der Waals surface area contributed by atoms with E-state index in [1.165, 1.54) is 6.92 Å². The highest BCUT2D eigenvalue weighted by Crippen LogP contribution is 2.16. The molecule has 0 atom stereocenters. The summed E-state index contributed by atoms with van der Waals surface area (Å²) >= 11 is 6.54. The van der Waals surface area contributed by atoms with Crippen molar-refractivity contribution in [3.05, 3.63) is 38.8 Å². The third-order valence-electron chi connectivity index (χ3n) is 1.50. The number of carbonyl (C=O) groups excluding carboxylic acids is 1. The van der Waals surface area contributed by atoms with Crippen molar-refractivity contribution in [1.82, 2.24) is 0 Å². The molecule has 0 fully saturated rings. The Morgan fingerprint density at radius 1 is 1.31 bits per heavy atom. The molecule has 1 nitrogen and oxygen atoms in total. The SMILES string of the molecule is CC(=O)/C(Br)=C/c1ccc(Br)cc1. The largest absolute Gasteiger partial charge is 0.294 e. The highest BCUT2D eigenvalue weighted by atomic mass is 79.9. The van der Waals surface area contributed by atoms with E-state index in [1.54, 1.807) is 6.08 Å². The quantitative estimate of drug-likeness (QED) is 0.760. The van der Waals surface area contributed by atoms with E-state index >= 15 is 0 Å². The van der Waals surface area contributed by atoms with Crippen LogP contribution in [-0.2, 0) is 4.79 Å². The number of allylic oxidation sites excluding steroid dienone is 1. The van der Waals surface area contributed by atoms with Crippen LogP contribution in [0, 0.1) is 0 Å². The van der Waals surface area contributed by atoms with Crippen molar-refractivity contribution in [3.8, 4) is 0 Å². The highest BCUT2D eigenvalue weighted by Gasteiger charge is 1.97. The maximum Gasteiger partial charge on any atom is 0.166 e. The van der Waals surface area contributed by atoms with Gasteiger partial charge in [0.25, 0.3) is 0 Å². The maximum atomic E-state index is 10.9. The van der Waals surface area contributed by atoms with Gasteiger partial charge in [-0.3, -0.25) is 4.79 Å². The number of hydrogen-bond acceptors (Lipinski definition) is 1. The molecule has 68 valence electrons. The Morgan fingerprint density at radius 3 is 2.31 bits per heavy atom. The van der Waals surface area contributed by atoms with Crippen LogP contribution >= 0.6 is 31.9 Å². The molecule has 1 aromatic rings. The molecule has 0 amide bonds. The molecule has 13 heavy (non-hydrogen) atoms. The molecule has 0 saturated heterocycles. The lowest BCUT2D eigenvalue weighted by atomic mass is 10.2. The average Bonchev–Trinajstić information content (AvgIpc) is 2.08. The van der Waals surface area contributed by atoms with Crippen LogP contribution in [0.25, 0.3) is 6.08 Å². The van der Waals surface area contributed by atoms with Gasteiger partial charge in [-0.1, -0.05) is 28.1 Å². The Morgan fingerprint density at radius 2 is 1.85 bits per heavy atom. The standard InChI is InChI=1S/C10H8Br2O/c1-7(13)10(12)6-8-2-4-9(11)5-3-8/h2-6H,1H3/b10-6-. The van der Waals surface area contributed by atoms with Gasteiger partial charge in [0.15, 0.2) is 5.78 Å². The van der Waals surface area contributed by atoms with Crippen molar-refractivity contribution in [2.24, 2.45) is 0 Å². The molecule has 1 aromatic carbocycles. The van der Waals surface area contributed by atoms with E-state index in [9.17, 15) is 4.79 Å². The molecule has 0 spiro atoms. The van der Waals surface area contributed by atoms with E-state index in [-0.39, 0.29) is 5.78 Å². The van der Waals surface area contributed by atoms with Gasteiger partial charge in [0.05, 0.1) is 4.48 Å². The predicted molar refractivity (Wildman–Crippen MR) is 61.7 cm³/mol. The van der Waals surface area contributed by atoms with Crippen molar-refractivity contribution in [2.45, 2.75) is 6.92 Å². The van der Waals surface area contributed by atoms with Gasteiger partial charge in [-0.25, -0.2) is 0 Å². The molecule has 0 saturated carbocycles. The van der Waals surface area contributed by atoms with Crippen LogP contribution in [0.1, 0.15) is 12.5 Å². The van der Waals surface area contributed by atoms with Gasteiger partial charge >= 0.3 is 0 Å². The van der Waals surface area contributed by atoms with Crippen LogP contribution in [0.2, 0.25) is 0 Å². The lowest BCUT2D eigenvalue weighted by Crippen LogP contribution is -1.87. The van der Waals surface area contributed by atoms with Crippen LogP contribution < -0.4 is 0 Å². The lowest BCUT2D eigenvalue weighted by Gasteiger charge is -1.95. The third-order valence-corrected chi connectivity index (χ3v) is 2.82. The number of hydrogen-bond donors (Lipinski definition) is 0. The van der Waals surface area contributed by atoms with Crippen molar-refractivity contribution >= 4 is 43.7 Å². The first-order valence-corrected chi connectivity index (χ1v) is 5.32. The first-order chi connectivity index (χ1) is 6.09. The smallest absolute Gasteiger partial charge is 0.166 e. The number of ketones is 1. The zero-order chi connectivity index (χ0) is 9.84. The average molecular weight is 304 g/mol. The first kappa shape index (κ1) is 10.7. The summed E-state index contributed by atoms with van der Waals surface area (Å²) in [6.45, 7) is 1.53. The predicted octanol–water partition coefficient (Wildman–Crippen LogP) is 3.77. The van der Waals surface area contributed by atoms with E-state index in [4.69, 9.17) is 0 Å². The number of Topliss-reactive ketones (excluding diaryl/α,β-unsaturated/α-hetero) is 1. The minimum atomic E-state index is 0.0305. The van der Waals surface area contributed by atoms with Crippen LogP contribution in [0.15, 0.2) is 33.2 Å². The Balaban J connectivity index is 2.92. The van der Waals surface area contributed by atoms with Gasteiger partial charge in [0.1, 0.15) is 0 Å². The second kappa shape index (κ2) is 4.72. The summed E-state index contributed by atoms with van der Waals surface area (Å²) in [5.41, 5.74) is 1.00. The molecule has 0 bridgehead atoms. The first-order valence-electron chi connectivity index (χ1n) is 3.73. The highest BCUT2D eigenvalue weighted by molar-refractivity contribution is 9.12. The molecule has 0 aliphatic heterocycles. The van der Waals surface area contributed by atoms with Crippen LogP contribution in [0.4, 0.5) is 0 Å². The summed E-state index contributed by atoms with van der Waals surface area (Å²) in [6.07, 6.45) is 1.80. The second-order valence-electron chi connectivity index (χ2n) is 2.60. The number of rotatable bonds is 2. The van der Waals surface area contributed by atoms with E-state index < -0.39 is 0 Å². The van der Waals surface area contributed by atoms with E-state index in [0.29, 0.717) is 4.48 Å². The van der Waals surface area contributed by atoms with Crippen molar-refractivity contribution in [1.29, 1.82) is 0 Å². The minimum absolute atomic E-state index is 0.0305. The topological polar surface area (TPSA) is 17.1 Å². The number of benzene rings is 1. The molecule has 0 radical (unpaired) electrons. The normalized spacial score (nSPS) is 11.5. The molecule has 0 aromatic heterocycles. The van der Waals surface area contributed by atoms with Gasteiger partial charge in [0.2, 0.25) is 0 Å². The second-order valence-corrected chi connectivity index (χ2v) is 4.37. The Hall–Kier alpha value is -0.410. The molecule has 3 heteroatoms. The fourth-order valence-corrected chi connectivity index (χ4v) is 1.34. The van der Waals surface area contributed by atoms with Crippen LogP contribution in [0.5, 0.6) is 0 Å². The molecular weight excluding hydrogens is 296 g/mol. The van der Waals surface area contributed by atoms with Crippen molar-refractivity contribution in [3.63, 3.8) is 0 Å². The van der Waals surface area contributed by atoms with E-state index in [2.05, 4.69) is 31.9 Å². The fraction of sp³-hybridized carbons (Fsp3) is 0.100. The van der Waals surface area contributed by atoms with Crippen molar-refractivity contribution < 1.29 is 4.79 Å². The van der Waals surface area contributed by atoms with Gasteiger partial charge in [-0.05, 0) is 46.6 Å². The van der Waals surface area contributed by atoms with Crippen molar-refractivity contribution in [2.75, 3.05) is 0 Å². The fourth-order valence-electron chi connectivity index (χ4n) is 0.807. The lowest BCUT2D eigenvalue weighted by molar-refractivity contribution is -0.112. The molecule has 0 N–H and O–H groups in total. The monoisotopic (exact) mass is 302 g/mol. The maximum absolute atomic E-state index is 10.9. The summed E-state index contributed by atoms with van der Waals surface area (Å²) in [5.74, 6) is 0.0305.